The lowest BCUT2D eigenvalue weighted by Crippen LogP contribution is -2.56. The summed E-state index contributed by atoms with van der Waals surface area (Å²) in [7, 11) is 4.99. The topological polar surface area (TPSA) is 71.1 Å². The van der Waals surface area contributed by atoms with Crippen LogP contribution >= 0.6 is 0 Å². The first-order valence-corrected chi connectivity index (χ1v) is 8.85. The fourth-order valence-electron chi connectivity index (χ4n) is 2.97. The van der Waals surface area contributed by atoms with E-state index in [-0.39, 0.29) is 24.3 Å². The molecule has 7 heteroatoms. The maximum atomic E-state index is 12.5. The number of nitrogens with zero attached hydrogens (tertiary/aromatic N) is 2. The lowest BCUT2D eigenvalue weighted by atomic mass is 10.1. The van der Waals surface area contributed by atoms with Crippen molar-refractivity contribution in [2.45, 2.75) is 38.9 Å². The molecule has 2 amide bonds. The minimum Gasteiger partial charge on any atom is -0.497 e. The van der Waals surface area contributed by atoms with Crippen LogP contribution in [0.4, 0.5) is 0 Å². The number of piperazine rings is 1. The van der Waals surface area contributed by atoms with Gasteiger partial charge in [0.2, 0.25) is 11.8 Å². The van der Waals surface area contributed by atoms with Crippen LogP contribution in [0.3, 0.4) is 0 Å². The van der Waals surface area contributed by atoms with Crippen LogP contribution < -0.4 is 14.8 Å². The number of ether oxygens (including phenoxy) is 2. The van der Waals surface area contributed by atoms with Gasteiger partial charge in [0.25, 0.3) is 0 Å². The summed E-state index contributed by atoms with van der Waals surface area (Å²) < 4.78 is 10.7. The number of hydrogen-bond donors (Lipinski definition) is 1. The van der Waals surface area contributed by atoms with Gasteiger partial charge in [-0.1, -0.05) is 6.07 Å². The van der Waals surface area contributed by atoms with E-state index in [1.54, 1.807) is 26.2 Å². The van der Waals surface area contributed by atoms with E-state index in [4.69, 9.17) is 9.47 Å². The Hall–Kier alpha value is -2.28. The third kappa shape index (κ3) is 4.66. The highest BCUT2D eigenvalue weighted by Gasteiger charge is 2.33. The van der Waals surface area contributed by atoms with Crippen molar-refractivity contribution in [3.05, 3.63) is 23.8 Å². The van der Waals surface area contributed by atoms with Crippen molar-refractivity contribution in [3.63, 3.8) is 0 Å². The van der Waals surface area contributed by atoms with Gasteiger partial charge in [0.05, 0.1) is 26.7 Å². The highest BCUT2D eigenvalue weighted by molar-refractivity contribution is 5.88. The second-order valence-electron chi connectivity index (χ2n) is 6.76. The van der Waals surface area contributed by atoms with Gasteiger partial charge >= 0.3 is 0 Å². The first-order chi connectivity index (χ1) is 12.4. The molecule has 1 saturated heterocycles. The van der Waals surface area contributed by atoms with Gasteiger partial charge in [0, 0.05) is 44.4 Å². The molecule has 0 bridgehead atoms. The van der Waals surface area contributed by atoms with Crippen LogP contribution in [0.2, 0.25) is 0 Å². The van der Waals surface area contributed by atoms with E-state index in [2.05, 4.69) is 5.32 Å². The summed E-state index contributed by atoms with van der Waals surface area (Å²) in [4.78, 5) is 28.6. The Morgan fingerprint density at radius 1 is 1.35 bits per heavy atom. The molecule has 0 unspecified atom stereocenters. The predicted octanol–water partition coefficient (Wildman–Crippen LogP) is 1.26. The molecule has 144 valence electrons. The van der Waals surface area contributed by atoms with Gasteiger partial charge in [-0.05, 0) is 19.9 Å². The fraction of sp³-hybridized carbons (Fsp3) is 0.579. The highest BCUT2D eigenvalue weighted by atomic mass is 16.5. The van der Waals surface area contributed by atoms with Gasteiger partial charge in [-0.15, -0.1) is 0 Å². The van der Waals surface area contributed by atoms with E-state index in [0.29, 0.717) is 31.1 Å². The van der Waals surface area contributed by atoms with Crippen molar-refractivity contribution >= 4 is 11.8 Å². The standard InChI is InChI=1S/C19H29N3O4/c1-13(2)21(3)18(23)11-16-19(24)20-8-9-22(16)12-14-6-7-15(25-4)10-17(14)26-5/h6-7,10,13,16H,8-9,11-12H2,1-5H3,(H,20,24)/t16-/m1/s1. The molecule has 1 fully saturated rings. The van der Waals surface area contributed by atoms with Crippen molar-refractivity contribution < 1.29 is 19.1 Å². The van der Waals surface area contributed by atoms with Crippen molar-refractivity contribution in [2.75, 3.05) is 34.4 Å². The number of carbonyl (C=O) groups is 2. The molecule has 7 nitrogen and oxygen atoms in total. The average molecular weight is 363 g/mol. The molecule has 1 heterocycles. The number of amides is 2. The SMILES string of the molecule is COc1ccc(CN2CCNC(=O)[C@H]2CC(=O)N(C)C(C)C)c(OC)c1. The molecule has 1 N–H and O–H groups in total. The molecule has 0 spiro atoms. The van der Waals surface area contributed by atoms with Gasteiger partial charge < -0.3 is 19.7 Å². The van der Waals surface area contributed by atoms with Crippen LogP contribution in [0.15, 0.2) is 18.2 Å². The third-order valence-electron chi connectivity index (χ3n) is 4.85. The van der Waals surface area contributed by atoms with Crippen LogP contribution in [0.25, 0.3) is 0 Å². The minimum absolute atomic E-state index is 0.0336. The molecule has 1 aliphatic heterocycles. The van der Waals surface area contributed by atoms with E-state index in [0.717, 1.165) is 5.56 Å². The molecule has 0 radical (unpaired) electrons. The molecule has 0 aromatic heterocycles. The lowest BCUT2D eigenvalue weighted by molar-refractivity contribution is -0.139. The van der Waals surface area contributed by atoms with Gasteiger partial charge in [-0.25, -0.2) is 0 Å². The summed E-state index contributed by atoms with van der Waals surface area (Å²) in [5.41, 5.74) is 0.956. The Morgan fingerprint density at radius 3 is 2.69 bits per heavy atom. The summed E-state index contributed by atoms with van der Waals surface area (Å²) >= 11 is 0. The monoisotopic (exact) mass is 363 g/mol. The van der Waals surface area contributed by atoms with Crippen LogP contribution in [0, 0.1) is 0 Å². The third-order valence-corrected chi connectivity index (χ3v) is 4.85. The molecule has 1 aromatic carbocycles. The van der Waals surface area contributed by atoms with Crippen LogP contribution in [0.5, 0.6) is 11.5 Å². The second kappa shape index (κ2) is 8.89. The summed E-state index contributed by atoms with van der Waals surface area (Å²) in [6.07, 6.45) is 0.166. The number of methoxy groups -OCH3 is 2. The highest BCUT2D eigenvalue weighted by Crippen LogP contribution is 2.27. The molecule has 1 atom stereocenters. The molecular formula is C19H29N3O4. The van der Waals surface area contributed by atoms with Gasteiger partial charge in [0.15, 0.2) is 0 Å². The van der Waals surface area contributed by atoms with E-state index >= 15 is 0 Å². The molecule has 0 aliphatic carbocycles. The first kappa shape index (κ1) is 20.0. The molecule has 1 aliphatic rings. The summed E-state index contributed by atoms with van der Waals surface area (Å²) in [5.74, 6) is 1.29. The smallest absolute Gasteiger partial charge is 0.237 e. The zero-order valence-corrected chi connectivity index (χ0v) is 16.2. The van der Waals surface area contributed by atoms with E-state index in [1.165, 1.54) is 0 Å². The summed E-state index contributed by atoms with van der Waals surface area (Å²) in [6, 6.07) is 5.25. The molecular weight excluding hydrogens is 334 g/mol. The lowest BCUT2D eigenvalue weighted by Gasteiger charge is -2.36. The Kier molecular flexibility index (Phi) is 6.85. The van der Waals surface area contributed by atoms with Crippen molar-refractivity contribution in [2.24, 2.45) is 0 Å². The Labute approximate surface area is 155 Å². The first-order valence-electron chi connectivity index (χ1n) is 8.85. The molecule has 2 rings (SSSR count). The number of hydrogen-bond acceptors (Lipinski definition) is 5. The molecule has 26 heavy (non-hydrogen) atoms. The van der Waals surface area contributed by atoms with Crippen molar-refractivity contribution in [1.82, 2.24) is 15.1 Å². The molecule has 0 saturated carbocycles. The number of nitrogens with one attached hydrogen (secondary N) is 1. The maximum absolute atomic E-state index is 12.5. The van der Waals surface area contributed by atoms with E-state index in [9.17, 15) is 9.59 Å². The maximum Gasteiger partial charge on any atom is 0.237 e. The summed E-state index contributed by atoms with van der Waals surface area (Å²) in [5, 5.41) is 2.87. The second-order valence-corrected chi connectivity index (χ2v) is 6.76. The number of carbonyl (C=O) groups excluding carboxylic acids is 2. The van der Waals surface area contributed by atoms with E-state index < -0.39 is 6.04 Å². The number of rotatable bonds is 7. The fourth-order valence-corrected chi connectivity index (χ4v) is 2.97. The Morgan fingerprint density at radius 2 is 2.08 bits per heavy atom. The van der Waals surface area contributed by atoms with Crippen LogP contribution in [-0.4, -0.2) is 68.1 Å². The van der Waals surface area contributed by atoms with Crippen LogP contribution in [-0.2, 0) is 16.1 Å². The number of benzene rings is 1. The van der Waals surface area contributed by atoms with Gasteiger partial charge in [-0.3, -0.25) is 14.5 Å². The average Bonchev–Trinajstić information content (AvgIpc) is 2.63. The zero-order valence-electron chi connectivity index (χ0n) is 16.2. The Balaban J connectivity index is 2.17. The molecule has 1 aromatic rings. The van der Waals surface area contributed by atoms with Crippen molar-refractivity contribution in [1.29, 1.82) is 0 Å². The quantitative estimate of drug-likeness (QED) is 0.790. The minimum atomic E-state index is -0.482. The normalized spacial score (nSPS) is 17.8. The zero-order chi connectivity index (χ0) is 19.3. The largest absolute Gasteiger partial charge is 0.497 e. The summed E-state index contributed by atoms with van der Waals surface area (Å²) in [6.45, 7) is 5.70. The van der Waals surface area contributed by atoms with Gasteiger partial charge in [0.1, 0.15) is 11.5 Å². The Bertz CT molecular complexity index is 648. The van der Waals surface area contributed by atoms with Crippen LogP contribution in [0.1, 0.15) is 25.8 Å². The van der Waals surface area contributed by atoms with E-state index in [1.807, 2.05) is 36.9 Å². The predicted molar refractivity (Wildman–Crippen MR) is 99.3 cm³/mol. The van der Waals surface area contributed by atoms with Crippen molar-refractivity contribution in [3.8, 4) is 11.5 Å². The van der Waals surface area contributed by atoms with Gasteiger partial charge in [-0.2, -0.15) is 0 Å².